The molecule has 3 heteroatoms. The summed E-state index contributed by atoms with van der Waals surface area (Å²) in [6.45, 7) is 4.78. The van der Waals surface area contributed by atoms with Crippen LogP contribution in [0.3, 0.4) is 0 Å². The number of likely N-dealkylation sites (tertiary alicyclic amines) is 1. The second kappa shape index (κ2) is 4.81. The van der Waals surface area contributed by atoms with Gasteiger partial charge >= 0.3 is 0 Å². The van der Waals surface area contributed by atoms with E-state index in [4.69, 9.17) is 5.73 Å². The lowest BCUT2D eigenvalue weighted by Gasteiger charge is -2.34. The smallest absolute Gasteiger partial charge is 0.0499 e. The van der Waals surface area contributed by atoms with Crippen molar-refractivity contribution < 1.29 is 5.11 Å². The lowest BCUT2D eigenvalue weighted by Crippen LogP contribution is -2.39. The molecule has 2 aliphatic rings. The van der Waals surface area contributed by atoms with E-state index in [0.717, 1.165) is 19.0 Å². The molecule has 2 fully saturated rings. The summed E-state index contributed by atoms with van der Waals surface area (Å²) >= 11 is 0. The molecule has 0 amide bonds. The summed E-state index contributed by atoms with van der Waals surface area (Å²) in [5, 5.41) is 9.28. The van der Waals surface area contributed by atoms with Gasteiger partial charge in [-0.2, -0.15) is 0 Å². The highest BCUT2D eigenvalue weighted by Crippen LogP contribution is 2.46. The van der Waals surface area contributed by atoms with Crippen molar-refractivity contribution in [1.29, 1.82) is 0 Å². The Bertz CT molecular complexity index is 196. The van der Waals surface area contributed by atoms with Crippen molar-refractivity contribution in [2.75, 3.05) is 32.8 Å². The quantitative estimate of drug-likeness (QED) is 0.709. The minimum absolute atomic E-state index is 0.292. The second-order valence-corrected chi connectivity index (χ2v) is 5.45. The molecule has 3 nitrogen and oxygen atoms in total. The predicted octanol–water partition coefficient (Wildman–Crippen LogP) is 0.820. The Balaban J connectivity index is 1.69. The van der Waals surface area contributed by atoms with Crippen LogP contribution in [0, 0.1) is 11.3 Å². The molecular weight excluding hydrogens is 188 g/mol. The number of aliphatic hydroxyl groups excluding tert-OH is 1. The van der Waals surface area contributed by atoms with Crippen molar-refractivity contribution in [3.8, 4) is 0 Å². The second-order valence-electron chi connectivity index (χ2n) is 5.45. The van der Waals surface area contributed by atoms with Crippen LogP contribution < -0.4 is 5.73 Å². The topological polar surface area (TPSA) is 49.5 Å². The fourth-order valence-corrected chi connectivity index (χ4v) is 2.69. The van der Waals surface area contributed by atoms with E-state index in [9.17, 15) is 5.11 Å². The lowest BCUT2D eigenvalue weighted by atomic mass is 9.93. The largest absolute Gasteiger partial charge is 0.396 e. The van der Waals surface area contributed by atoms with E-state index < -0.39 is 0 Å². The molecule has 15 heavy (non-hydrogen) atoms. The van der Waals surface area contributed by atoms with Crippen LogP contribution >= 0.6 is 0 Å². The Morgan fingerprint density at radius 2 is 1.93 bits per heavy atom. The fourth-order valence-electron chi connectivity index (χ4n) is 2.69. The SMILES string of the molecule is NCCC1CCN(CC2(CO)CC2)CC1. The van der Waals surface area contributed by atoms with E-state index in [2.05, 4.69) is 4.90 Å². The van der Waals surface area contributed by atoms with Crippen LogP contribution in [0.25, 0.3) is 0 Å². The number of hydrogen-bond donors (Lipinski definition) is 2. The van der Waals surface area contributed by atoms with E-state index in [1.807, 2.05) is 0 Å². The summed E-state index contributed by atoms with van der Waals surface area (Å²) < 4.78 is 0. The third kappa shape index (κ3) is 2.92. The van der Waals surface area contributed by atoms with Gasteiger partial charge in [-0.05, 0) is 57.7 Å². The predicted molar refractivity (Wildman–Crippen MR) is 61.6 cm³/mol. The molecule has 0 aromatic carbocycles. The fraction of sp³-hybridized carbons (Fsp3) is 1.00. The van der Waals surface area contributed by atoms with Crippen LogP contribution in [0.5, 0.6) is 0 Å². The highest BCUT2D eigenvalue weighted by molar-refractivity contribution is 4.95. The number of aliphatic hydroxyl groups is 1. The molecular formula is C12H24N2O. The maximum Gasteiger partial charge on any atom is 0.0499 e. The molecule has 88 valence electrons. The van der Waals surface area contributed by atoms with E-state index >= 15 is 0 Å². The van der Waals surface area contributed by atoms with E-state index in [-0.39, 0.29) is 0 Å². The van der Waals surface area contributed by atoms with Gasteiger partial charge in [0.15, 0.2) is 0 Å². The third-order valence-electron chi connectivity index (χ3n) is 4.13. The minimum atomic E-state index is 0.292. The number of nitrogens with zero attached hydrogens (tertiary/aromatic N) is 1. The molecule has 0 aromatic heterocycles. The van der Waals surface area contributed by atoms with Gasteiger partial charge in [0.25, 0.3) is 0 Å². The zero-order valence-electron chi connectivity index (χ0n) is 9.62. The summed E-state index contributed by atoms with van der Waals surface area (Å²) in [5.41, 5.74) is 5.87. The standard InChI is InChI=1S/C12H24N2O/c13-6-1-11-2-7-14(8-3-11)9-12(10-15)4-5-12/h11,15H,1-10,13H2. The zero-order valence-corrected chi connectivity index (χ0v) is 9.62. The maximum atomic E-state index is 9.28. The van der Waals surface area contributed by atoms with Crippen molar-refractivity contribution in [2.45, 2.75) is 32.1 Å². The first-order valence-electron chi connectivity index (χ1n) is 6.31. The monoisotopic (exact) mass is 212 g/mol. The van der Waals surface area contributed by atoms with Gasteiger partial charge in [0.2, 0.25) is 0 Å². The third-order valence-corrected chi connectivity index (χ3v) is 4.13. The molecule has 0 radical (unpaired) electrons. The molecule has 0 aromatic rings. The van der Waals surface area contributed by atoms with E-state index in [1.54, 1.807) is 0 Å². The van der Waals surface area contributed by atoms with Crippen molar-refractivity contribution >= 4 is 0 Å². The van der Waals surface area contributed by atoms with Gasteiger partial charge in [0.1, 0.15) is 0 Å². The van der Waals surface area contributed by atoms with Gasteiger partial charge in [0.05, 0.1) is 0 Å². The minimum Gasteiger partial charge on any atom is -0.396 e. The Morgan fingerprint density at radius 3 is 2.40 bits per heavy atom. The number of hydrogen-bond acceptors (Lipinski definition) is 3. The highest BCUT2D eigenvalue weighted by atomic mass is 16.3. The molecule has 1 saturated heterocycles. The first-order chi connectivity index (χ1) is 7.28. The number of piperidine rings is 1. The molecule has 1 heterocycles. The van der Waals surface area contributed by atoms with Gasteiger partial charge < -0.3 is 15.7 Å². The number of rotatable bonds is 5. The van der Waals surface area contributed by atoms with Crippen molar-refractivity contribution in [3.05, 3.63) is 0 Å². The highest BCUT2D eigenvalue weighted by Gasteiger charge is 2.43. The summed E-state index contributed by atoms with van der Waals surface area (Å²) in [4.78, 5) is 2.54. The number of nitrogens with two attached hydrogens (primary N) is 1. The first kappa shape index (κ1) is 11.4. The molecule has 0 atom stereocenters. The van der Waals surface area contributed by atoms with Crippen LogP contribution in [0.2, 0.25) is 0 Å². The maximum absolute atomic E-state index is 9.28. The van der Waals surface area contributed by atoms with Crippen LogP contribution in [0.1, 0.15) is 32.1 Å². The van der Waals surface area contributed by atoms with Gasteiger partial charge in [-0.25, -0.2) is 0 Å². The molecule has 1 saturated carbocycles. The van der Waals surface area contributed by atoms with Crippen LogP contribution in [-0.2, 0) is 0 Å². The van der Waals surface area contributed by atoms with E-state index in [0.29, 0.717) is 12.0 Å². The molecule has 1 aliphatic carbocycles. The van der Waals surface area contributed by atoms with Gasteiger partial charge in [-0.15, -0.1) is 0 Å². The summed E-state index contributed by atoms with van der Waals surface area (Å²) in [7, 11) is 0. The summed E-state index contributed by atoms with van der Waals surface area (Å²) in [6.07, 6.45) is 6.26. The molecule has 3 N–H and O–H groups in total. The Hall–Kier alpha value is -0.120. The summed E-state index contributed by atoms with van der Waals surface area (Å²) in [6, 6.07) is 0. The molecule has 2 rings (SSSR count). The van der Waals surface area contributed by atoms with Crippen LogP contribution in [-0.4, -0.2) is 42.8 Å². The normalized spacial score (nSPS) is 26.8. The zero-order chi connectivity index (χ0) is 10.7. The Kier molecular flexibility index (Phi) is 3.65. The van der Waals surface area contributed by atoms with Crippen LogP contribution in [0.15, 0.2) is 0 Å². The molecule has 1 aliphatic heterocycles. The molecule has 0 spiro atoms. The Morgan fingerprint density at radius 1 is 1.27 bits per heavy atom. The van der Waals surface area contributed by atoms with Crippen molar-refractivity contribution in [3.63, 3.8) is 0 Å². The first-order valence-corrected chi connectivity index (χ1v) is 6.31. The average Bonchev–Trinajstić information content (AvgIpc) is 3.02. The van der Waals surface area contributed by atoms with Gasteiger partial charge in [-0.3, -0.25) is 0 Å². The Labute approximate surface area is 92.6 Å². The van der Waals surface area contributed by atoms with Gasteiger partial charge in [-0.1, -0.05) is 0 Å². The van der Waals surface area contributed by atoms with Gasteiger partial charge in [0, 0.05) is 18.6 Å². The van der Waals surface area contributed by atoms with E-state index in [1.165, 1.54) is 45.2 Å². The lowest BCUT2D eigenvalue weighted by molar-refractivity contribution is 0.115. The van der Waals surface area contributed by atoms with Crippen LogP contribution in [0.4, 0.5) is 0 Å². The van der Waals surface area contributed by atoms with Crippen molar-refractivity contribution in [1.82, 2.24) is 4.90 Å². The average molecular weight is 212 g/mol. The molecule has 0 bridgehead atoms. The van der Waals surface area contributed by atoms with Crippen molar-refractivity contribution in [2.24, 2.45) is 17.1 Å². The summed E-state index contributed by atoms with van der Waals surface area (Å²) in [5.74, 6) is 0.857. The molecule has 0 unspecified atom stereocenters.